The van der Waals surface area contributed by atoms with Crippen LogP contribution in [0.2, 0.25) is 0 Å². The monoisotopic (exact) mass is 637 g/mol. The number of benzene rings is 2. The molecule has 0 fully saturated rings. The summed E-state index contributed by atoms with van der Waals surface area (Å²) in [4.78, 5) is 20.0. The number of halogens is 3. The van der Waals surface area contributed by atoms with Gasteiger partial charge in [-0.15, -0.1) is 0 Å². The first-order valence-electron chi connectivity index (χ1n) is 13.0. The molecule has 0 amide bonds. The molecule has 5 aromatic rings. The van der Waals surface area contributed by atoms with Crippen LogP contribution >= 0.6 is 0 Å². The minimum atomic E-state index is 0. The zero-order chi connectivity index (χ0) is 25.1. The minimum absolute atomic E-state index is 0. The summed E-state index contributed by atoms with van der Waals surface area (Å²) in [5.74, 6) is 1.77. The predicted molar refractivity (Wildman–Crippen MR) is 148 cm³/mol. The van der Waals surface area contributed by atoms with Crippen molar-refractivity contribution in [2.45, 2.75) is 41.0 Å². The summed E-state index contributed by atoms with van der Waals surface area (Å²) in [6.45, 7) is 14.2. The van der Waals surface area contributed by atoms with Gasteiger partial charge < -0.3 is 46.4 Å². The molecule has 2 aromatic carbocycles. The van der Waals surface area contributed by atoms with Crippen LogP contribution in [-0.4, -0.2) is 60.1 Å². The Hall–Kier alpha value is -2.10. The Balaban J connectivity index is 0.00000200. The second-order valence-electron chi connectivity index (χ2n) is 9.00. The van der Waals surface area contributed by atoms with Crippen LogP contribution in [0.25, 0.3) is 45.1 Å². The molecule has 0 radical (unpaired) electrons. The van der Waals surface area contributed by atoms with E-state index in [4.69, 9.17) is 15.0 Å². The fraction of sp³-hybridized carbons (Fsp3) is 0.345. The summed E-state index contributed by atoms with van der Waals surface area (Å²) in [6.07, 6.45) is 0. The normalized spacial score (nSPS) is 10.8. The first-order valence-corrected chi connectivity index (χ1v) is 13.0. The van der Waals surface area contributed by atoms with Gasteiger partial charge in [-0.2, -0.15) is 0 Å². The molecule has 5 rings (SSSR count). The van der Waals surface area contributed by atoms with Crippen LogP contribution in [0, 0.1) is 0 Å². The molecule has 0 spiro atoms. The molecule has 0 N–H and O–H groups in total. The molecule has 0 bridgehead atoms. The van der Waals surface area contributed by atoms with Gasteiger partial charge in [0.05, 0.1) is 35.4 Å². The Morgan fingerprint density at radius 2 is 0.900 bits per heavy atom. The van der Waals surface area contributed by atoms with Crippen LogP contribution in [0.1, 0.15) is 27.7 Å². The van der Waals surface area contributed by atoms with Gasteiger partial charge in [-0.1, -0.05) is 58.0 Å². The van der Waals surface area contributed by atoms with Crippen LogP contribution in [-0.2, 0) is 31.9 Å². The number of aromatic nitrogens is 5. The second-order valence-corrected chi connectivity index (χ2v) is 9.00. The van der Waals surface area contributed by atoms with Gasteiger partial charge in [0.15, 0.2) is 11.6 Å². The first-order chi connectivity index (χ1) is 17.7. The molecule has 0 saturated heterocycles. The molecule has 3 aromatic heterocycles. The third-order valence-electron chi connectivity index (χ3n) is 6.99. The van der Waals surface area contributed by atoms with Crippen LogP contribution in [0.15, 0.2) is 66.7 Å². The van der Waals surface area contributed by atoms with Gasteiger partial charge in [0.1, 0.15) is 11.4 Å². The molecule has 7 nitrogen and oxygen atoms in total. The van der Waals surface area contributed by atoms with Crippen molar-refractivity contribution < 1.29 is 55.8 Å². The minimum Gasteiger partial charge on any atom is -1.00 e. The summed E-state index contributed by atoms with van der Waals surface area (Å²) in [6, 6.07) is 22.8. The summed E-state index contributed by atoms with van der Waals surface area (Å²) in [5, 5.41) is 0. The van der Waals surface area contributed by atoms with Crippen molar-refractivity contribution in [2.24, 2.45) is 0 Å². The summed E-state index contributed by atoms with van der Waals surface area (Å²) in [7, 11) is 0. The van der Waals surface area contributed by atoms with E-state index >= 15 is 0 Å². The number of rotatable bonds is 10. The maximum absolute atomic E-state index is 5.14. The SMILES string of the molecule is CCN(CC)Cn1c(-c2cccc(-c3nc4ccccc4n3CN(CC)CC)n2)nc2ccccc21.[Cl-].[Cl-].[Cl-].[V+3]. The topological polar surface area (TPSA) is 55.0 Å². The van der Waals surface area contributed by atoms with E-state index in [1.54, 1.807) is 0 Å². The Bertz CT molecular complexity index is 1370. The van der Waals surface area contributed by atoms with Crippen LogP contribution < -0.4 is 37.2 Å². The molecule has 40 heavy (non-hydrogen) atoms. The maximum atomic E-state index is 5.14. The van der Waals surface area contributed by atoms with E-state index in [0.717, 1.165) is 84.6 Å². The Morgan fingerprint density at radius 1 is 0.525 bits per heavy atom. The van der Waals surface area contributed by atoms with Crippen molar-refractivity contribution in [2.75, 3.05) is 26.2 Å². The van der Waals surface area contributed by atoms with Crippen molar-refractivity contribution in [3.05, 3.63) is 66.7 Å². The van der Waals surface area contributed by atoms with Gasteiger partial charge in [0, 0.05) is 0 Å². The van der Waals surface area contributed by atoms with E-state index in [9.17, 15) is 0 Å². The molecule has 0 aliphatic carbocycles. The van der Waals surface area contributed by atoms with Crippen molar-refractivity contribution in [3.8, 4) is 23.0 Å². The predicted octanol–water partition coefficient (Wildman–Crippen LogP) is -3.28. The van der Waals surface area contributed by atoms with Gasteiger partial charge in [0.2, 0.25) is 0 Å². The van der Waals surface area contributed by atoms with E-state index < -0.39 is 0 Å². The van der Waals surface area contributed by atoms with Crippen LogP contribution in [0.3, 0.4) is 0 Å². The first kappa shape index (κ1) is 35.9. The number of pyridine rings is 1. The zero-order valence-electron chi connectivity index (χ0n) is 23.3. The molecular weight excluding hydrogens is 604 g/mol. The van der Waals surface area contributed by atoms with Crippen LogP contribution in [0.4, 0.5) is 0 Å². The van der Waals surface area contributed by atoms with Gasteiger partial charge >= 0.3 is 18.6 Å². The van der Waals surface area contributed by atoms with Crippen LogP contribution in [0.5, 0.6) is 0 Å². The maximum Gasteiger partial charge on any atom is 3.00 e. The Morgan fingerprint density at radius 3 is 1.27 bits per heavy atom. The number of hydrogen-bond donors (Lipinski definition) is 0. The molecule has 0 saturated carbocycles. The fourth-order valence-electron chi connectivity index (χ4n) is 4.76. The van der Waals surface area contributed by atoms with Gasteiger partial charge in [-0.25, -0.2) is 15.0 Å². The van der Waals surface area contributed by atoms with Crippen molar-refractivity contribution in [3.63, 3.8) is 0 Å². The molecule has 3 heterocycles. The van der Waals surface area contributed by atoms with E-state index in [1.165, 1.54) is 0 Å². The summed E-state index contributed by atoms with van der Waals surface area (Å²) in [5.41, 5.74) is 5.94. The molecule has 0 atom stereocenters. The van der Waals surface area contributed by atoms with E-state index in [-0.39, 0.29) is 55.8 Å². The molecule has 0 unspecified atom stereocenters. The molecule has 212 valence electrons. The quantitative estimate of drug-likeness (QED) is 0.161. The van der Waals surface area contributed by atoms with E-state index in [2.05, 4.69) is 101 Å². The number of nitrogens with zero attached hydrogens (tertiary/aromatic N) is 7. The average molecular weight is 639 g/mol. The average Bonchev–Trinajstić information content (AvgIpc) is 3.48. The molecule has 11 heteroatoms. The van der Waals surface area contributed by atoms with Gasteiger partial charge in [0.25, 0.3) is 0 Å². The zero-order valence-corrected chi connectivity index (χ0v) is 27.0. The summed E-state index contributed by atoms with van der Waals surface area (Å²) >= 11 is 0. The summed E-state index contributed by atoms with van der Waals surface area (Å²) < 4.78 is 4.57. The third kappa shape index (κ3) is 7.21. The van der Waals surface area contributed by atoms with E-state index in [1.807, 2.05) is 12.1 Å². The van der Waals surface area contributed by atoms with Crippen molar-refractivity contribution in [1.29, 1.82) is 0 Å². The third-order valence-corrected chi connectivity index (χ3v) is 6.99. The Labute approximate surface area is 267 Å². The number of imidazole rings is 2. The largest absolute Gasteiger partial charge is 3.00 e. The second kappa shape index (κ2) is 16.4. The Kier molecular flexibility index (Phi) is 14.7. The fourth-order valence-corrected chi connectivity index (χ4v) is 4.76. The molecule has 0 aliphatic rings. The van der Waals surface area contributed by atoms with E-state index in [0.29, 0.717) is 0 Å². The van der Waals surface area contributed by atoms with Gasteiger partial charge in [-0.05, 0) is 62.6 Å². The van der Waals surface area contributed by atoms with Gasteiger partial charge in [-0.3, -0.25) is 9.80 Å². The number of hydrogen-bond acceptors (Lipinski definition) is 5. The van der Waals surface area contributed by atoms with Crippen molar-refractivity contribution >= 4 is 22.1 Å². The smallest absolute Gasteiger partial charge is 1.00 e. The molecular formula is C29H35Cl3N7V. The van der Waals surface area contributed by atoms with Crippen molar-refractivity contribution in [1.82, 2.24) is 33.9 Å². The standard InChI is InChI=1S/C29H35N7.3ClH.V/c1-5-33(6-2)20-35-26-18-11-9-14-22(26)31-28(35)24-16-13-17-25(30-24)29-32-23-15-10-12-19-27(23)36(29)21-34(7-3)8-4;;;;/h9-19H,5-8,20-21H2,1-4H3;3*1H;/q;;;;+3/p-3. The molecule has 0 aliphatic heterocycles. The number of fused-ring (bicyclic) bond motifs is 2. The number of para-hydroxylation sites is 4.